The molecule has 4 aromatic rings. The number of aryl methyl sites for hydroxylation is 1. The second kappa shape index (κ2) is 17.3. The van der Waals surface area contributed by atoms with Gasteiger partial charge in [0.15, 0.2) is 6.61 Å². The van der Waals surface area contributed by atoms with E-state index in [1.807, 2.05) is 42.5 Å². The first-order valence-corrected chi connectivity index (χ1v) is 18.6. The van der Waals surface area contributed by atoms with Crippen LogP contribution in [0.2, 0.25) is 0 Å². The Hall–Kier alpha value is -5.19. The molecular weight excluding hydrogens is 686 g/mol. The number of aliphatic hydroxyl groups excluding tert-OH is 2. The van der Waals surface area contributed by atoms with Gasteiger partial charge in [-0.3, -0.25) is 4.90 Å². The van der Waals surface area contributed by atoms with E-state index in [2.05, 4.69) is 24.3 Å². The summed E-state index contributed by atoms with van der Waals surface area (Å²) >= 11 is 0. The van der Waals surface area contributed by atoms with Crippen LogP contribution in [0.15, 0.2) is 91.0 Å². The Labute approximate surface area is 316 Å². The number of aliphatic hydroxyl groups is 2. The van der Waals surface area contributed by atoms with Gasteiger partial charge in [0.25, 0.3) is 0 Å². The molecule has 2 aliphatic rings. The number of carbonyl (C=O) groups excluding carboxylic acids is 3. The number of carbonyl (C=O) groups is 3. The summed E-state index contributed by atoms with van der Waals surface area (Å²) in [6.45, 7) is 5.18. The number of ether oxygens (including phenoxy) is 4. The highest BCUT2D eigenvalue weighted by molar-refractivity contribution is 5.82. The van der Waals surface area contributed by atoms with Crippen molar-refractivity contribution in [1.29, 1.82) is 0 Å². The zero-order chi connectivity index (χ0) is 38.2. The Kier molecular flexibility index (Phi) is 12.3. The summed E-state index contributed by atoms with van der Waals surface area (Å²) in [6, 6.07) is 28.0. The minimum Gasteiger partial charge on any atom is -0.482 e. The molecule has 0 saturated carbocycles. The van der Waals surface area contributed by atoms with E-state index >= 15 is 0 Å². The third-order valence-corrected chi connectivity index (χ3v) is 9.92. The van der Waals surface area contributed by atoms with Crippen LogP contribution in [0.3, 0.4) is 0 Å². The fourth-order valence-corrected chi connectivity index (χ4v) is 7.34. The lowest BCUT2D eigenvalue weighted by Crippen LogP contribution is -2.49. The predicted octanol–water partition coefficient (Wildman–Crippen LogP) is 7.41. The first kappa shape index (κ1) is 38.5. The van der Waals surface area contributed by atoms with Crippen LogP contribution >= 0.6 is 0 Å². The number of fused-ring (bicyclic) bond motifs is 3. The summed E-state index contributed by atoms with van der Waals surface area (Å²) in [5, 5.41) is 19.5. The van der Waals surface area contributed by atoms with E-state index in [0.717, 1.165) is 40.7 Å². The van der Waals surface area contributed by atoms with E-state index < -0.39 is 35.8 Å². The largest absolute Gasteiger partial charge is 0.482 e. The number of piperidine rings is 1. The molecule has 6 rings (SSSR count). The number of hydrogen-bond donors (Lipinski definition) is 2. The zero-order valence-electron chi connectivity index (χ0n) is 31.2. The first-order chi connectivity index (χ1) is 26.0. The van der Waals surface area contributed by atoms with Gasteiger partial charge in [-0.2, -0.15) is 0 Å². The Morgan fingerprint density at radius 1 is 0.833 bits per heavy atom. The van der Waals surface area contributed by atoms with E-state index in [1.165, 1.54) is 4.90 Å². The van der Waals surface area contributed by atoms with Gasteiger partial charge < -0.3 is 29.2 Å². The summed E-state index contributed by atoms with van der Waals surface area (Å²) in [5.74, 6) is -0.733. The smallest absolute Gasteiger partial charge is 0.410 e. The molecule has 2 N–H and O–H groups in total. The maximum atomic E-state index is 14.1. The summed E-state index contributed by atoms with van der Waals surface area (Å²) in [4.78, 5) is 41.7. The van der Waals surface area contributed by atoms with Crippen LogP contribution < -0.4 is 4.74 Å². The fourth-order valence-electron chi connectivity index (χ4n) is 7.34. The summed E-state index contributed by atoms with van der Waals surface area (Å²) in [6.07, 6.45) is 1.52. The lowest BCUT2D eigenvalue weighted by atomic mass is 9.97. The molecule has 1 saturated heterocycles. The molecule has 10 heteroatoms. The second-order valence-electron chi connectivity index (χ2n) is 14.8. The van der Waals surface area contributed by atoms with E-state index in [1.54, 1.807) is 45.0 Å². The zero-order valence-corrected chi connectivity index (χ0v) is 31.2. The maximum absolute atomic E-state index is 14.1. The van der Waals surface area contributed by atoms with Crippen LogP contribution in [0.25, 0.3) is 11.1 Å². The molecule has 0 bridgehead atoms. The fraction of sp³-hybridized carbons (Fsp3) is 0.386. The number of nitrogens with zero attached hydrogens (tertiary/aromatic N) is 1. The lowest BCUT2D eigenvalue weighted by Gasteiger charge is -2.34. The van der Waals surface area contributed by atoms with Gasteiger partial charge in [-0.25, -0.2) is 14.4 Å². The monoisotopic (exact) mass is 735 g/mol. The van der Waals surface area contributed by atoms with Crippen molar-refractivity contribution in [3.8, 4) is 16.9 Å². The molecule has 1 amide bonds. The SMILES string of the molecule is CC(C)(C)OC(=O)COc1cccc([C@@H](CCc2ccc(CO)c(CO)c2)OC(=O)[C@@H]2CCCCN2C(=O)OCC2c3ccccc3-c3ccccc32)c1. The lowest BCUT2D eigenvalue weighted by molar-refractivity contribution is -0.157. The highest BCUT2D eigenvalue weighted by Crippen LogP contribution is 2.44. The van der Waals surface area contributed by atoms with Crippen LogP contribution in [-0.2, 0) is 43.4 Å². The molecule has 0 radical (unpaired) electrons. The van der Waals surface area contributed by atoms with Crippen molar-refractivity contribution in [3.63, 3.8) is 0 Å². The summed E-state index contributed by atoms with van der Waals surface area (Å²) in [7, 11) is 0. The van der Waals surface area contributed by atoms with Crippen molar-refractivity contribution in [3.05, 3.63) is 124 Å². The van der Waals surface area contributed by atoms with Crippen molar-refractivity contribution in [2.75, 3.05) is 19.8 Å². The maximum Gasteiger partial charge on any atom is 0.410 e. The molecule has 0 aromatic heterocycles. The molecule has 10 nitrogen and oxygen atoms in total. The standard InChI is InChI=1S/C44H49NO9/c1-44(2,3)54-41(48)28-51-33-12-10-11-30(24-33)40(21-19-29-18-20-31(25-46)32(23-29)26-47)53-42(49)39-17-8-9-22-45(39)43(50)52-27-38-36-15-6-4-13-34(36)35-14-5-7-16-37(35)38/h4-7,10-16,18,20,23-24,38-40,46-47H,8-9,17,19,21-22,25-28H2,1-3H3/t39-,40+/m0/s1. The van der Waals surface area contributed by atoms with Gasteiger partial charge in [0.05, 0.1) is 13.2 Å². The van der Waals surface area contributed by atoms with Crippen LogP contribution in [0.1, 0.15) is 91.9 Å². The van der Waals surface area contributed by atoms with Gasteiger partial charge in [0.1, 0.15) is 30.1 Å². The van der Waals surface area contributed by atoms with Gasteiger partial charge in [0.2, 0.25) is 0 Å². The average molecular weight is 736 g/mol. The van der Waals surface area contributed by atoms with Crippen LogP contribution in [-0.4, -0.2) is 64.5 Å². The van der Waals surface area contributed by atoms with E-state index in [4.69, 9.17) is 18.9 Å². The quantitative estimate of drug-likeness (QED) is 0.106. The average Bonchev–Trinajstić information content (AvgIpc) is 3.50. The summed E-state index contributed by atoms with van der Waals surface area (Å²) in [5.41, 5.74) is 6.66. The number of esters is 2. The van der Waals surface area contributed by atoms with E-state index in [9.17, 15) is 24.6 Å². The van der Waals surface area contributed by atoms with Crippen molar-refractivity contribution in [1.82, 2.24) is 4.90 Å². The third-order valence-electron chi connectivity index (χ3n) is 9.92. The van der Waals surface area contributed by atoms with Crippen LogP contribution in [0.4, 0.5) is 4.79 Å². The molecule has 1 fully saturated rings. The van der Waals surface area contributed by atoms with Crippen molar-refractivity contribution >= 4 is 18.0 Å². The topological polar surface area (TPSA) is 132 Å². The normalized spacial score (nSPS) is 15.9. The Balaban J connectivity index is 1.18. The van der Waals surface area contributed by atoms with Gasteiger partial charge in [0, 0.05) is 12.5 Å². The molecule has 1 heterocycles. The van der Waals surface area contributed by atoms with Crippen LogP contribution in [0, 0.1) is 0 Å². The van der Waals surface area contributed by atoms with Gasteiger partial charge in [-0.1, -0.05) is 78.9 Å². The molecule has 0 spiro atoms. The molecule has 284 valence electrons. The Morgan fingerprint density at radius 3 is 2.22 bits per heavy atom. The number of rotatable bonds is 13. The molecule has 1 aliphatic heterocycles. The summed E-state index contributed by atoms with van der Waals surface area (Å²) < 4.78 is 23.4. The molecule has 1 aliphatic carbocycles. The van der Waals surface area contributed by atoms with E-state index in [0.29, 0.717) is 48.2 Å². The van der Waals surface area contributed by atoms with E-state index in [-0.39, 0.29) is 32.3 Å². The Morgan fingerprint density at radius 2 is 1.54 bits per heavy atom. The highest BCUT2D eigenvalue weighted by Gasteiger charge is 2.37. The van der Waals surface area contributed by atoms with Crippen LogP contribution in [0.5, 0.6) is 5.75 Å². The molecule has 2 atom stereocenters. The van der Waals surface area contributed by atoms with Gasteiger partial charge >= 0.3 is 18.0 Å². The van der Waals surface area contributed by atoms with Crippen molar-refractivity contribution in [2.24, 2.45) is 0 Å². The second-order valence-corrected chi connectivity index (χ2v) is 14.8. The van der Waals surface area contributed by atoms with Crippen molar-refractivity contribution in [2.45, 2.75) is 89.8 Å². The number of amides is 1. The molecule has 0 unspecified atom stereocenters. The minimum atomic E-state index is -0.826. The number of likely N-dealkylation sites (tertiary alicyclic amines) is 1. The van der Waals surface area contributed by atoms with Gasteiger partial charge in [-0.05, 0) is 110 Å². The van der Waals surface area contributed by atoms with Gasteiger partial charge in [-0.15, -0.1) is 0 Å². The van der Waals surface area contributed by atoms with Crippen molar-refractivity contribution < 1.29 is 43.5 Å². The Bertz CT molecular complexity index is 1900. The first-order valence-electron chi connectivity index (χ1n) is 18.6. The molecular formula is C44H49NO9. The molecule has 4 aromatic carbocycles. The number of hydrogen-bond acceptors (Lipinski definition) is 9. The molecule has 54 heavy (non-hydrogen) atoms. The highest BCUT2D eigenvalue weighted by atomic mass is 16.6. The minimum absolute atomic E-state index is 0.108. The third kappa shape index (κ3) is 9.29. The predicted molar refractivity (Wildman–Crippen MR) is 203 cm³/mol. The number of benzene rings is 4.